The van der Waals surface area contributed by atoms with Gasteiger partial charge in [0.2, 0.25) is 5.91 Å². The molecule has 4 nitrogen and oxygen atoms in total. The quantitative estimate of drug-likeness (QED) is 0.388. The first-order chi connectivity index (χ1) is 15.7. The normalized spacial score (nSPS) is 12.6. The highest BCUT2D eigenvalue weighted by molar-refractivity contribution is 6.02. The molecule has 0 spiro atoms. The molecular weight excluding hydrogens is 431 g/mol. The van der Waals surface area contributed by atoms with Crippen LogP contribution in [0, 0.1) is 0 Å². The maximum atomic E-state index is 12.9. The van der Waals surface area contributed by atoms with Gasteiger partial charge in [-0.15, -0.1) is 0 Å². The van der Waals surface area contributed by atoms with Crippen molar-refractivity contribution in [2.24, 2.45) is 0 Å². The number of nitrogens with one attached hydrogen (secondary N) is 1. The number of hydrogen-bond donors (Lipinski definition) is 2. The lowest BCUT2D eigenvalue weighted by atomic mass is 9.92. The zero-order chi connectivity index (χ0) is 23.6. The monoisotopic (exact) mass is 451 g/mol. The predicted octanol–water partition coefficient (Wildman–Crippen LogP) is 5.37. The van der Waals surface area contributed by atoms with E-state index in [1.165, 1.54) is 12.1 Å². The van der Waals surface area contributed by atoms with Crippen molar-refractivity contribution in [3.05, 3.63) is 95.6 Å². The van der Waals surface area contributed by atoms with Crippen LogP contribution in [0.2, 0.25) is 0 Å². The number of rotatable bonds is 6. The molecule has 168 valence electrons. The predicted molar refractivity (Wildman–Crippen MR) is 120 cm³/mol. The van der Waals surface area contributed by atoms with Crippen LogP contribution in [0.3, 0.4) is 0 Å². The highest BCUT2D eigenvalue weighted by atomic mass is 19.4. The number of carboxylic acids is 1. The van der Waals surface area contributed by atoms with Gasteiger partial charge in [0.05, 0.1) is 12.0 Å². The van der Waals surface area contributed by atoms with E-state index in [-0.39, 0.29) is 18.4 Å². The Morgan fingerprint density at radius 3 is 2.03 bits per heavy atom. The summed E-state index contributed by atoms with van der Waals surface area (Å²) in [6.45, 7) is 0. The molecule has 0 saturated carbocycles. The van der Waals surface area contributed by atoms with Gasteiger partial charge in [0.25, 0.3) is 0 Å². The van der Waals surface area contributed by atoms with E-state index in [1.54, 1.807) is 0 Å². The Labute approximate surface area is 187 Å². The Morgan fingerprint density at radius 2 is 1.45 bits per heavy atom. The van der Waals surface area contributed by atoms with Gasteiger partial charge in [-0.3, -0.25) is 4.79 Å². The van der Waals surface area contributed by atoms with Gasteiger partial charge >= 0.3 is 12.1 Å². The van der Waals surface area contributed by atoms with Gasteiger partial charge in [-0.1, -0.05) is 66.7 Å². The summed E-state index contributed by atoms with van der Waals surface area (Å²) in [5.41, 5.74) is 0.0855. The summed E-state index contributed by atoms with van der Waals surface area (Å²) in [5.74, 6) is -1.88. The van der Waals surface area contributed by atoms with Crippen molar-refractivity contribution in [2.75, 3.05) is 0 Å². The number of alkyl halides is 3. The van der Waals surface area contributed by atoms with Crippen LogP contribution >= 0.6 is 0 Å². The molecule has 0 radical (unpaired) electrons. The molecule has 1 atom stereocenters. The third-order valence-electron chi connectivity index (χ3n) is 5.54. The van der Waals surface area contributed by atoms with E-state index >= 15 is 0 Å². The average molecular weight is 451 g/mol. The average Bonchev–Trinajstić information content (AvgIpc) is 2.77. The van der Waals surface area contributed by atoms with Gasteiger partial charge in [0, 0.05) is 6.42 Å². The highest BCUT2D eigenvalue weighted by Gasteiger charge is 2.30. The van der Waals surface area contributed by atoms with E-state index < -0.39 is 29.7 Å². The molecule has 0 aromatic heterocycles. The number of amides is 1. The molecule has 7 heteroatoms. The fourth-order valence-corrected chi connectivity index (χ4v) is 4.02. The second kappa shape index (κ2) is 8.94. The van der Waals surface area contributed by atoms with Gasteiger partial charge in [0.1, 0.15) is 6.04 Å². The van der Waals surface area contributed by atoms with Crippen molar-refractivity contribution in [1.82, 2.24) is 5.32 Å². The van der Waals surface area contributed by atoms with Crippen LogP contribution in [0.1, 0.15) is 16.7 Å². The second-order valence-electron chi connectivity index (χ2n) is 7.83. The van der Waals surface area contributed by atoms with Crippen LogP contribution in [0.25, 0.3) is 21.5 Å². The third-order valence-corrected chi connectivity index (χ3v) is 5.54. The molecule has 33 heavy (non-hydrogen) atoms. The van der Waals surface area contributed by atoms with Crippen molar-refractivity contribution in [2.45, 2.75) is 25.1 Å². The SMILES string of the molecule is O=C(Cc1cccc(C(F)(F)F)c1)N[C@@H](Cc1c2ccccc2cc2ccccc12)C(=O)O. The van der Waals surface area contributed by atoms with E-state index in [2.05, 4.69) is 5.32 Å². The lowest BCUT2D eigenvalue weighted by Gasteiger charge is -2.18. The van der Waals surface area contributed by atoms with Crippen molar-refractivity contribution in [3.63, 3.8) is 0 Å². The fourth-order valence-electron chi connectivity index (χ4n) is 4.02. The number of hydrogen-bond acceptors (Lipinski definition) is 2. The number of carboxylic acid groups (broad SMARTS) is 1. The van der Waals surface area contributed by atoms with Crippen LogP contribution in [0.5, 0.6) is 0 Å². The Bertz CT molecular complexity index is 1290. The van der Waals surface area contributed by atoms with Crippen molar-refractivity contribution in [1.29, 1.82) is 0 Å². The summed E-state index contributed by atoms with van der Waals surface area (Å²) in [6, 6.07) is 20.4. The van der Waals surface area contributed by atoms with Crippen LogP contribution in [0.15, 0.2) is 78.9 Å². The number of carbonyl (C=O) groups excluding carboxylic acids is 1. The molecule has 0 bridgehead atoms. The second-order valence-corrected chi connectivity index (χ2v) is 7.83. The number of aliphatic carboxylic acids is 1. The molecule has 4 aromatic carbocycles. The molecule has 0 aliphatic carbocycles. The maximum absolute atomic E-state index is 12.9. The van der Waals surface area contributed by atoms with Crippen LogP contribution < -0.4 is 5.32 Å². The largest absolute Gasteiger partial charge is 0.480 e. The molecule has 0 fully saturated rings. The molecule has 4 rings (SSSR count). The lowest BCUT2D eigenvalue weighted by molar-refractivity contribution is -0.141. The Morgan fingerprint density at radius 1 is 0.848 bits per heavy atom. The van der Waals surface area contributed by atoms with E-state index in [4.69, 9.17) is 0 Å². The Hall–Kier alpha value is -3.87. The minimum absolute atomic E-state index is 0.0333. The maximum Gasteiger partial charge on any atom is 0.416 e. The van der Waals surface area contributed by atoms with Crippen LogP contribution in [-0.2, 0) is 28.6 Å². The Kier molecular flexibility index (Phi) is 6.05. The molecule has 0 aliphatic heterocycles. The van der Waals surface area contributed by atoms with Crippen molar-refractivity contribution < 1.29 is 27.9 Å². The molecular formula is C26H20F3NO3. The smallest absolute Gasteiger partial charge is 0.416 e. The fraction of sp³-hybridized carbons (Fsp3) is 0.154. The van der Waals surface area contributed by atoms with Gasteiger partial charge in [-0.2, -0.15) is 13.2 Å². The molecule has 4 aromatic rings. The summed E-state index contributed by atoms with van der Waals surface area (Å²) in [7, 11) is 0. The van der Waals surface area contributed by atoms with Crippen molar-refractivity contribution in [3.8, 4) is 0 Å². The summed E-state index contributed by atoms with van der Waals surface area (Å²) in [5, 5.41) is 15.9. The van der Waals surface area contributed by atoms with E-state index in [9.17, 15) is 27.9 Å². The summed E-state index contributed by atoms with van der Waals surface area (Å²) < 4.78 is 38.8. The van der Waals surface area contributed by atoms with E-state index in [0.29, 0.717) is 0 Å². The number of carbonyl (C=O) groups is 2. The zero-order valence-electron chi connectivity index (χ0n) is 17.4. The minimum Gasteiger partial charge on any atom is -0.480 e. The summed E-state index contributed by atoms with van der Waals surface area (Å²) >= 11 is 0. The minimum atomic E-state index is -4.52. The number of benzene rings is 4. The van der Waals surface area contributed by atoms with Crippen LogP contribution in [-0.4, -0.2) is 23.0 Å². The van der Waals surface area contributed by atoms with Gasteiger partial charge in [-0.05, 0) is 44.8 Å². The molecule has 2 N–H and O–H groups in total. The van der Waals surface area contributed by atoms with Gasteiger partial charge < -0.3 is 10.4 Å². The first kappa shape index (κ1) is 22.3. The lowest BCUT2D eigenvalue weighted by Crippen LogP contribution is -2.43. The zero-order valence-corrected chi connectivity index (χ0v) is 17.4. The molecule has 0 saturated heterocycles. The topological polar surface area (TPSA) is 66.4 Å². The summed E-state index contributed by atoms with van der Waals surface area (Å²) in [6.07, 6.45) is -4.85. The number of fused-ring (bicyclic) bond motifs is 2. The standard InChI is InChI=1S/C26H20F3NO3/c27-26(28,29)19-9-5-6-16(12-19)13-24(31)30-23(25(32)33)15-22-20-10-3-1-7-17(20)14-18-8-2-4-11-21(18)22/h1-12,14,23H,13,15H2,(H,30,31)(H,32,33)/t23-/m0/s1. The van der Waals surface area contributed by atoms with E-state index in [0.717, 1.165) is 39.2 Å². The molecule has 0 heterocycles. The highest BCUT2D eigenvalue weighted by Crippen LogP contribution is 2.30. The Balaban J connectivity index is 1.61. The molecule has 0 unspecified atom stereocenters. The van der Waals surface area contributed by atoms with Crippen molar-refractivity contribution >= 4 is 33.4 Å². The third kappa shape index (κ3) is 4.98. The van der Waals surface area contributed by atoms with E-state index in [1.807, 2.05) is 54.6 Å². The van der Waals surface area contributed by atoms with Gasteiger partial charge in [-0.25, -0.2) is 4.79 Å². The molecule has 1 amide bonds. The van der Waals surface area contributed by atoms with Gasteiger partial charge in [0.15, 0.2) is 0 Å². The summed E-state index contributed by atoms with van der Waals surface area (Å²) in [4.78, 5) is 24.5. The molecule has 0 aliphatic rings. The van der Waals surface area contributed by atoms with Crippen LogP contribution in [0.4, 0.5) is 13.2 Å². The first-order valence-electron chi connectivity index (χ1n) is 10.3. The number of halogens is 3. The first-order valence-corrected chi connectivity index (χ1v) is 10.3.